The highest BCUT2D eigenvalue weighted by molar-refractivity contribution is 6.31. The van der Waals surface area contributed by atoms with Crippen LogP contribution in [0.4, 0.5) is 30.2 Å². The molecule has 0 unspecified atom stereocenters. The van der Waals surface area contributed by atoms with Crippen molar-refractivity contribution in [1.82, 2.24) is 10.3 Å². The Morgan fingerprint density at radius 2 is 1.69 bits per heavy atom. The summed E-state index contributed by atoms with van der Waals surface area (Å²) >= 11 is 5.96. The van der Waals surface area contributed by atoms with Gasteiger partial charge in [0.25, 0.3) is 5.91 Å². The molecule has 0 atom stereocenters. The smallest absolute Gasteiger partial charge is 0.262 e. The summed E-state index contributed by atoms with van der Waals surface area (Å²) in [5.74, 6) is -3.24. The van der Waals surface area contributed by atoms with Crippen LogP contribution in [-0.4, -0.2) is 24.1 Å². The molecule has 3 heterocycles. The zero-order valence-electron chi connectivity index (χ0n) is 16.5. The lowest BCUT2D eigenvalue weighted by Gasteiger charge is -2.39. The van der Waals surface area contributed by atoms with Crippen LogP contribution in [0.1, 0.15) is 21.6 Å². The van der Waals surface area contributed by atoms with E-state index in [1.54, 1.807) is 0 Å². The number of fused-ring (bicyclic) bond motifs is 8. The first-order valence-electron chi connectivity index (χ1n) is 9.83. The van der Waals surface area contributed by atoms with Crippen LogP contribution in [-0.2, 0) is 13.0 Å². The van der Waals surface area contributed by atoms with E-state index in [1.807, 2.05) is 0 Å². The molecule has 0 saturated carbocycles. The molecule has 10 heteroatoms. The number of anilines is 3. The number of carbonyl (C=O) groups is 1. The fraction of sp³-hybridized carbons (Fsp3) is 0.182. The Balaban J connectivity index is 1.80. The molecule has 1 amide bonds. The molecule has 2 bridgehead atoms. The Morgan fingerprint density at radius 1 is 0.906 bits per heavy atom. The Hall–Kier alpha value is -3.30. The number of pyridine rings is 1. The maximum atomic E-state index is 14.8. The van der Waals surface area contributed by atoms with Gasteiger partial charge in [0.2, 0.25) is 5.56 Å². The predicted molar refractivity (Wildman–Crippen MR) is 114 cm³/mol. The Morgan fingerprint density at radius 3 is 2.50 bits per heavy atom. The van der Waals surface area contributed by atoms with Crippen molar-refractivity contribution in [2.45, 2.75) is 13.0 Å². The number of rotatable bonds is 0. The van der Waals surface area contributed by atoms with Gasteiger partial charge >= 0.3 is 0 Å². The van der Waals surface area contributed by atoms with Crippen molar-refractivity contribution in [3.63, 3.8) is 0 Å². The van der Waals surface area contributed by atoms with Gasteiger partial charge in [-0.2, -0.15) is 0 Å². The highest BCUT2D eigenvalue weighted by Crippen LogP contribution is 2.40. The monoisotopic (exact) mass is 460 g/mol. The molecular weight excluding hydrogens is 445 g/mol. The van der Waals surface area contributed by atoms with Crippen LogP contribution >= 0.6 is 11.6 Å². The summed E-state index contributed by atoms with van der Waals surface area (Å²) in [5, 5.41) is 2.81. The lowest BCUT2D eigenvalue weighted by Crippen LogP contribution is -2.46. The molecule has 0 radical (unpaired) electrons. The van der Waals surface area contributed by atoms with Gasteiger partial charge in [-0.1, -0.05) is 11.6 Å². The van der Waals surface area contributed by atoms with Crippen molar-refractivity contribution in [3.05, 3.63) is 86.0 Å². The molecule has 2 aliphatic rings. The molecule has 6 nitrogen and oxygen atoms in total. The predicted octanol–water partition coefficient (Wildman–Crippen LogP) is 3.85. The number of H-pyrrole nitrogens is 1. The third-order valence-electron chi connectivity index (χ3n) is 5.67. The van der Waals surface area contributed by atoms with Crippen LogP contribution < -0.4 is 20.7 Å². The zero-order chi connectivity index (χ0) is 22.6. The van der Waals surface area contributed by atoms with E-state index in [1.165, 1.54) is 34.1 Å². The van der Waals surface area contributed by atoms with Crippen LogP contribution in [0.2, 0.25) is 5.02 Å². The second kappa shape index (κ2) is 7.68. The lowest BCUT2D eigenvalue weighted by atomic mass is 10.0. The number of amides is 1. The molecule has 164 valence electrons. The summed E-state index contributed by atoms with van der Waals surface area (Å²) in [6.45, 7) is 0.211. The molecule has 3 aromatic rings. The molecule has 5 rings (SSSR count). The maximum Gasteiger partial charge on any atom is 0.262 e. The van der Waals surface area contributed by atoms with Crippen LogP contribution in [0.3, 0.4) is 0 Å². The minimum Gasteiger partial charge on any atom is -0.324 e. The number of benzene rings is 2. The van der Waals surface area contributed by atoms with E-state index < -0.39 is 23.4 Å². The largest absolute Gasteiger partial charge is 0.324 e. The van der Waals surface area contributed by atoms with Gasteiger partial charge in [-0.25, -0.2) is 13.2 Å². The first-order valence-corrected chi connectivity index (χ1v) is 10.2. The standard InChI is InChI=1S/C22H16ClF3N4O2/c23-13-7-11-19(8-15(13)25)29-10-30(22(11)32)18-3-4-20(31)28-16(18)5-6-27-9-12-17(29)2-1-14(24)21(12)26/h1-4,7-8,27H,5-6,9-10H2,(H,28,31). The molecular formula is C22H16ClF3N4O2. The zero-order valence-corrected chi connectivity index (χ0v) is 17.3. The summed E-state index contributed by atoms with van der Waals surface area (Å²) in [5.41, 5.74) is 1.24. The Labute approximate surface area is 185 Å². The first kappa shape index (κ1) is 20.6. The number of aromatic amines is 1. The number of hydrogen-bond donors (Lipinski definition) is 2. The summed E-state index contributed by atoms with van der Waals surface area (Å²) in [4.78, 5) is 31.0. The number of nitrogens with zero attached hydrogens (tertiary/aromatic N) is 2. The molecule has 2 aliphatic heterocycles. The summed E-state index contributed by atoms with van der Waals surface area (Å²) in [6, 6.07) is 7.55. The number of nitrogens with one attached hydrogen (secondary N) is 2. The number of hydrogen-bond acceptors (Lipinski definition) is 4. The number of aromatic nitrogens is 1. The van der Waals surface area contributed by atoms with Crippen molar-refractivity contribution in [3.8, 4) is 0 Å². The Bertz CT molecular complexity index is 1330. The van der Waals surface area contributed by atoms with Gasteiger partial charge < -0.3 is 15.2 Å². The van der Waals surface area contributed by atoms with Gasteiger partial charge in [0.1, 0.15) is 12.5 Å². The van der Waals surface area contributed by atoms with Crippen molar-refractivity contribution in [2.24, 2.45) is 0 Å². The van der Waals surface area contributed by atoms with E-state index in [0.29, 0.717) is 24.3 Å². The van der Waals surface area contributed by atoms with E-state index in [2.05, 4.69) is 10.3 Å². The summed E-state index contributed by atoms with van der Waals surface area (Å²) < 4.78 is 43.2. The second-order valence-electron chi connectivity index (χ2n) is 7.56. The first-order chi connectivity index (χ1) is 15.3. The third-order valence-corrected chi connectivity index (χ3v) is 5.96. The number of halogens is 4. The highest BCUT2D eigenvalue weighted by Gasteiger charge is 2.35. The van der Waals surface area contributed by atoms with Crippen molar-refractivity contribution in [1.29, 1.82) is 0 Å². The van der Waals surface area contributed by atoms with Crippen LogP contribution in [0.5, 0.6) is 0 Å². The average Bonchev–Trinajstić information content (AvgIpc) is 2.79. The van der Waals surface area contributed by atoms with Gasteiger partial charge in [-0.15, -0.1) is 0 Å². The fourth-order valence-corrected chi connectivity index (χ4v) is 4.30. The van der Waals surface area contributed by atoms with E-state index >= 15 is 0 Å². The average molecular weight is 461 g/mol. The molecule has 1 aromatic heterocycles. The van der Waals surface area contributed by atoms with Gasteiger partial charge in [-0.3, -0.25) is 14.5 Å². The highest BCUT2D eigenvalue weighted by atomic mass is 35.5. The lowest BCUT2D eigenvalue weighted by molar-refractivity contribution is 0.0983. The molecule has 0 aliphatic carbocycles. The van der Waals surface area contributed by atoms with Crippen LogP contribution in [0.25, 0.3) is 0 Å². The minimum atomic E-state index is -1.03. The fourth-order valence-electron chi connectivity index (χ4n) is 4.13. The third kappa shape index (κ3) is 3.25. The topological polar surface area (TPSA) is 68.4 Å². The Kier molecular flexibility index (Phi) is 4.94. The van der Waals surface area contributed by atoms with Gasteiger partial charge in [-0.05, 0) is 30.3 Å². The van der Waals surface area contributed by atoms with Crippen LogP contribution in [0.15, 0.2) is 41.2 Å². The molecule has 0 fully saturated rings. The second-order valence-corrected chi connectivity index (χ2v) is 7.97. The van der Waals surface area contributed by atoms with E-state index in [9.17, 15) is 22.8 Å². The van der Waals surface area contributed by atoms with Gasteiger partial charge in [0.15, 0.2) is 11.6 Å². The van der Waals surface area contributed by atoms with E-state index in [0.717, 1.165) is 12.1 Å². The quantitative estimate of drug-likeness (QED) is 0.535. The van der Waals surface area contributed by atoms with Gasteiger partial charge in [0.05, 0.1) is 27.6 Å². The molecule has 0 spiro atoms. The summed E-state index contributed by atoms with van der Waals surface area (Å²) in [6.07, 6.45) is 0.332. The van der Waals surface area contributed by atoms with E-state index in [-0.39, 0.29) is 46.3 Å². The normalized spacial score (nSPS) is 15.6. The minimum absolute atomic E-state index is 0.0127. The van der Waals surface area contributed by atoms with Crippen molar-refractivity contribution in [2.75, 3.05) is 23.0 Å². The molecule has 2 aromatic carbocycles. The van der Waals surface area contributed by atoms with Crippen molar-refractivity contribution >= 4 is 34.6 Å². The van der Waals surface area contributed by atoms with Crippen LogP contribution in [0, 0.1) is 17.5 Å². The molecule has 0 saturated heterocycles. The molecule has 2 N–H and O–H groups in total. The maximum absolute atomic E-state index is 14.8. The number of carbonyl (C=O) groups excluding carboxylic acids is 1. The molecule has 32 heavy (non-hydrogen) atoms. The van der Waals surface area contributed by atoms with E-state index in [4.69, 9.17) is 11.6 Å². The SMILES string of the molecule is O=C1c2cc(Cl)c(F)cc2N2CN1c1ccc(=O)[nH]c1CCNCc1c2ccc(F)c1F. The van der Waals surface area contributed by atoms with Gasteiger partial charge in [0, 0.05) is 36.8 Å². The summed E-state index contributed by atoms with van der Waals surface area (Å²) in [7, 11) is 0. The van der Waals surface area contributed by atoms with Crippen molar-refractivity contribution < 1.29 is 18.0 Å².